The summed E-state index contributed by atoms with van der Waals surface area (Å²) >= 11 is 1.17. The summed E-state index contributed by atoms with van der Waals surface area (Å²) in [5, 5.41) is 13.7. The molecule has 1 aliphatic heterocycles. The van der Waals surface area contributed by atoms with Crippen molar-refractivity contribution in [1.82, 2.24) is 15.1 Å². The number of thiophene rings is 1. The van der Waals surface area contributed by atoms with Crippen molar-refractivity contribution >= 4 is 22.9 Å². The maximum absolute atomic E-state index is 12.0. The number of nitrogens with zero attached hydrogens (tertiary/aromatic N) is 3. The number of carbonyl (C=O) groups excluding carboxylic acids is 1. The summed E-state index contributed by atoms with van der Waals surface area (Å²) in [7, 11) is 0. The molecular weight excluding hydrogens is 316 g/mol. The molecule has 1 aliphatic rings. The van der Waals surface area contributed by atoms with Crippen molar-refractivity contribution in [3.05, 3.63) is 25.9 Å². The number of hydrogen-bond donors (Lipinski definition) is 1. The monoisotopic (exact) mass is 340 g/mol. The van der Waals surface area contributed by atoms with Gasteiger partial charge < -0.3 is 15.1 Å². The Kier molecular flexibility index (Phi) is 6.49. The second kappa shape index (κ2) is 8.37. The average Bonchev–Trinajstić information content (AvgIpc) is 2.94. The standard InChI is InChI=1S/C15H24N4O3S/c1-3-17-7-9-18(10-8-17)6-4-5-16-15(20)14-11-13(19(21)22)12(2)23-14/h11H,3-10H2,1-2H3,(H,16,20). The summed E-state index contributed by atoms with van der Waals surface area (Å²) in [4.78, 5) is 28.2. The molecule has 1 aromatic heterocycles. The molecule has 1 saturated heterocycles. The van der Waals surface area contributed by atoms with E-state index in [4.69, 9.17) is 0 Å². The highest BCUT2D eigenvalue weighted by Gasteiger charge is 2.19. The van der Waals surface area contributed by atoms with E-state index < -0.39 is 4.92 Å². The van der Waals surface area contributed by atoms with E-state index in [1.165, 1.54) is 17.4 Å². The van der Waals surface area contributed by atoms with Gasteiger partial charge in [0.25, 0.3) is 11.6 Å². The van der Waals surface area contributed by atoms with Crippen LogP contribution in [0, 0.1) is 17.0 Å². The van der Waals surface area contributed by atoms with Crippen molar-refractivity contribution < 1.29 is 9.72 Å². The smallest absolute Gasteiger partial charge is 0.283 e. The van der Waals surface area contributed by atoms with Crippen molar-refractivity contribution in [3.8, 4) is 0 Å². The first-order valence-corrected chi connectivity index (χ1v) is 8.80. The first kappa shape index (κ1) is 17.8. The minimum absolute atomic E-state index is 0.0222. The lowest BCUT2D eigenvalue weighted by Gasteiger charge is -2.33. The maximum atomic E-state index is 12.0. The molecule has 2 heterocycles. The molecule has 23 heavy (non-hydrogen) atoms. The summed E-state index contributed by atoms with van der Waals surface area (Å²) in [6.45, 7) is 10.9. The lowest BCUT2D eigenvalue weighted by Crippen LogP contribution is -2.46. The number of likely N-dealkylation sites (N-methyl/N-ethyl adjacent to an activating group) is 1. The zero-order valence-electron chi connectivity index (χ0n) is 13.7. The highest BCUT2D eigenvalue weighted by Crippen LogP contribution is 2.27. The molecule has 1 aromatic rings. The Bertz CT molecular complexity index is 553. The Balaban J connectivity index is 1.69. The van der Waals surface area contributed by atoms with Crippen LogP contribution in [0.15, 0.2) is 6.07 Å². The quantitative estimate of drug-likeness (QED) is 0.464. The van der Waals surface area contributed by atoms with Crippen molar-refractivity contribution in [2.75, 3.05) is 45.8 Å². The van der Waals surface area contributed by atoms with Crippen LogP contribution in [0.1, 0.15) is 27.9 Å². The zero-order chi connectivity index (χ0) is 16.8. The number of nitrogens with one attached hydrogen (secondary N) is 1. The van der Waals surface area contributed by atoms with E-state index in [1.54, 1.807) is 6.92 Å². The molecule has 8 heteroatoms. The molecule has 0 spiro atoms. The number of carbonyl (C=O) groups is 1. The van der Waals surface area contributed by atoms with Gasteiger partial charge in [-0.05, 0) is 26.4 Å². The van der Waals surface area contributed by atoms with E-state index in [1.807, 2.05) is 0 Å². The van der Waals surface area contributed by atoms with Gasteiger partial charge in [-0.15, -0.1) is 11.3 Å². The van der Waals surface area contributed by atoms with Crippen LogP contribution in [0.5, 0.6) is 0 Å². The summed E-state index contributed by atoms with van der Waals surface area (Å²) in [6, 6.07) is 1.36. The molecule has 7 nitrogen and oxygen atoms in total. The van der Waals surface area contributed by atoms with Gasteiger partial charge in [-0.3, -0.25) is 14.9 Å². The zero-order valence-corrected chi connectivity index (χ0v) is 14.5. The number of rotatable bonds is 7. The van der Waals surface area contributed by atoms with Gasteiger partial charge in [0.1, 0.15) is 0 Å². The Labute approximate surface area is 140 Å². The van der Waals surface area contributed by atoms with E-state index in [-0.39, 0.29) is 11.6 Å². The molecule has 1 N–H and O–H groups in total. The van der Waals surface area contributed by atoms with Crippen LogP contribution in [0.3, 0.4) is 0 Å². The normalized spacial score (nSPS) is 16.4. The fourth-order valence-corrected chi connectivity index (χ4v) is 3.59. The van der Waals surface area contributed by atoms with Gasteiger partial charge in [-0.2, -0.15) is 0 Å². The first-order valence-electron chi connectivity index (χ1n) is 7.99. The van der Waals surface area contributed by atoms with Crippen LogP contribution >= 0.6 is 11.3 Å². The Hall–Kier alpha value is -1.51. The molecule has 0 bridgehead atoms. The van der Waals surface area contributed by atoms with Crippen LogP contribution in [0.4, 0.5) is 5.69 Å². The summed E-state index contributed by atoms with van der Waals surface area (Å²) in [5.74, 6) is -0.220. The maximum Gasteiger partial charge on any atom is 0.283 e. The highest BCUT2D eigenvalue weighted by atomic mass is 32.1. The van der Waals surface area contributed by atoms with Gasteiger partial charge in [0.2, 0.25) is 0 Å². The Morgan fingerprint density at radius 1 is 1.35 bits per heavy atom. The number of nitro groups is 1. The average molecular weight is 340 g/mol. The third kappa shape index (κ3) is 4.98. The van der Waals surface area contributed by atoms with E-state index in [0.717, 1.165) is 45.7 Å². The highest BCUT2D eigenvalue weighted by molar-refractivity contribution is 7.14. The number of hydrogen-bond acceptors (Lipinski definition) is 6. The predicted octanol–water partition coefficient (Wildman–Crippen LogP) is 1.72. The molecule has 0 aliphatic carbocycles. The number of piperazine rings is 1. The molecule has 0 aromatic carbocycles. The van der Waals surface area contributed by atoms with E-state index in [9.17, 15) is 14.9 Å². The van der Waals surface area contributed by atoms with Gasteiger partial charge >= 0.3 is 0 Å². The van der Waals surface area contributed by atoms with Crippen molar-refractivity contribution in [1.29, 1.82) is 0 Å². The lowest BCUT2D eigenvalue weighted by atomic mass is 10.3. The molecule has 0 saturated carbocycles. The van der Waals surface area contributed by atoms with Gasteiger partial charge in [-0.25, -0.2) is 0 Å². The van der Waals surface area contributed by atoms with E-state index in [2.05, 4.69) is 22.0 Å². The fraction of sp³-hybridized carbons (Fsp3) is 0.667. The minimum atomic E-state index is -0.446. The fourth-order valence-electron chi connectivity index (χ4n) is 2.69. The van der Waals surface area contributed by atoms with Gasteiger partial charge in [0.05, 0.1) is 14.7 Å². The van der Waals surface area contributed by atoms with E-state index in [0.29, 0.717) is 16.3 Å². The summed E-state index contributed by atoms with van der Waals surface area (Å²) in [5.41, 5.74) is 0.0222. The Morgan fingerprint density at radius 3 is 2.57 bits per heavy atom. The molecule has 2 rings (SSSR count). The SMILES string of the molecule is CCN1CCN(CCCNC(=O)c2cc([N+](=O)[O-])c(C)s2)CC1. The predicted molar refractivity (Wildman–Crippen MR) is 91.2 cm³/mol. The number of aryl methyl sites for hydroxylation is 1. The van der Waals surface area contributed by atoms with Gasteiger partial charge in [0.15, 0.2) is 0 Å². The first-order chi connectivity index (χ1) is 11.0. The van der Waals surface area contributed by atoms with Gasteiger partial charge in [0, 0.05) is 38.8 Å². The molecule has 1 fully saturated rings. The second-order valence-corrected chi connectivity index (χ2v) is 6.95. The van der Waals surface area contributed by atoms with Crippen LogP contribution in [0.25, 0.3) is 0 Å². The molecule has 128 valence electrons. The third-order valence-corrected chi connectivity index (χ3v) is 5.20. The van der Waals surface area contributed by atoms with Crippen molar-refractivity contribution in [3.63, 3.8) is 0 Å². The van der Waals surface area contributed by atoms with Crippen molar-refractivity contribution in [2.45, 2.75) is 20.3 Å². The minimum Gasteiger partial charge on any atom is -0.351 e. The molecule has 0 atom stereocenters. The second-order valence-electron chi connectivity index (χ2n) is 5.69. The molecule has 1 amide bonds. The lowest BCUT2D eigenvalue weighted by molar-refractivity contribution is -0.385. The molecule has 0 radical (unpaired) electrons. The largest absolute Gasteiger partial charge is 0.351 e. The van der Waals surface area contributed by atoms with Crippen LogP contribution in [0.2, 0.25) is 0 Å². The van der Waals surface area contributed by atoms with Crippen LogP contribution < -0.4 is 5.32 Å². The van der Waals surface area contributed by atoms with Crippen LogP contribution in [-0.2, 0) is 0 Å². The molecule has 0 unspecified atom stereocenters. The number of amides is 1. The topological polar surface area (TPSA) is 78.7 Å². The Morgan fingerprint density at radius 2 is 2.00 bits per heavy atom. The third-order valence-electron chi connectivity index (χ3n) is 4.16. The van der Waals surface area contributed by atoms with E-state index >= 15 is 0 Å². The molecular formula is C15H24N4O3S. The summed E-state index contributed by atoms with van der Waals surface area (Å²) in [6.07, 6.45) is 0.893. The van der Waals surface area contributed by atoms with Crippen molar-refractivity contribution in [2.24, 2.45) is 0 Å². The van der Waals surface area contributed by atoms with Crippen LogP contribution in [-0.4, -0.2) is 66.4 Å². The van der Waals surface area contributed by atoms with Gasteiger partial charge in [-0.1, -0.05) is 6.92 Å². The summed E-state index contributed by atoms with van der Waals surface area (Å²) < 4.78 is 0.